The predicted molar refractivity (Wildman–Crippen MR) is 86.3 cm³/mol. The second kappa shape index (κ2) is 5.63. The maximum Gasteiger partial charge on any atom is 0.336 e. The van der Waals surface area contributed by atoms with Crippen LogP contribution in [-0.2, 0) is 0 Å². The highest BCUT2D eigenvalue weighted by Crippen LogP contribution is 2.24. The van der Waals surface area contributed by atoms with Crippen molar-refractivity contribution in [2.24, 2.45) is 0 Å². The van der Waals surface area contributed by atoms with Crippen LogP contribution in [0.4, 0.5) is 0 Å². The van der Waals surface area contributed by atoms with Crippen molar-refractivity contribution in [3.8, 4) is 0 Å². The van der Waals surface area contributed by atoms with E-state index in [-0.39, 0.29) is 0 Å². The van der Waals surface area contributed by atoms with Crippen molar-refractivity contribution in [3.05, 3.63) is 83.4 Å². The molecule has 0 aromatic heterocycles. The fourth-order valence-electron chi connectivity index (χ4n) is 2.40. The first kappa shape index (κ1) is 13.1. The van der Waals surface area contributed by atoms with Gasteiger partial charge in [0.15, 0.2) is 0 Å². The van der Waals surface area contributed by atoms with Crippen molar-refractivity contribution in [1.82, 2.24) is 0 Å². The molecular weight excluding hydrogens is 260 g/mol. The van der Waals surface area contributed by atoms with Crippen molar-refractivity contribution in [1.29, 1.82) is 0 Å². The first-order valence-electron chi connectivity index (χ1n) is 6.74. The number of rotatable bonds is 3. The molecule has 0 fully saturated rings. The van der Waals surface area contributed by atoms with Crippen molar-refractivity contribution in [3.63, 3.8) is 0 Å². The number of hydrogen-bond acceptors (Lipinski definition) is 1. The van der Waals surface area contributed by atoms with E-state index < -0.39 is 5.97 Å². The average Bonchev–Trinajstić information content (AvgIpc) is 2.53. The Morgan fingerprint density at radius 2 is 1.43 bits per heavy atom. The molecule has 2 nitrogen and oxygen atoms in total. The predicted octanol–water partition coefficient (Wildman–Crippen LogP) is 4.71. The summed E-state index contributed by atoms with van der Waals surface area (Å²) >= 11 is 0. The summed E-state index contributed by atoms with van der Waals surface area (Å²) in [5, 5.41) is 11.0. The SMILES string of the molecule is O=C(O)c1ccc(C=Cc2ccccc2)c2ccccc12. The van der Waals surface area contributed by atoms with E-state index in [2.05, 4.69) is 0 Å². The molecule has 0 saturated carbocycles. The maximum atomic E-state index is 11.3. The molecule has 0 unspecified atom stereocenters. The fourth-order valence-corrected chi connectivity index (χ4v) is 2.40. The third kappa shape index (κ3) is 2.70. The van der Waals surface area contributed by atoms with Gasteiger partial charge in [0, 0.05) is 0 Å². The third-order valence-corrected chi connectivity index (χ3v) is 3.44. The number of carboxylic acids is 1. The normalized spacial score (nSPS) is 11.0. The van der Waals surface area contributed by atoms with E-state index >= 15 is 0 Å². The van der Waals surface area contributed by atoms with E-state index in [0.29, 0.717) is 5.56 Å². The van der Waals surface area contributed by atoms with Gasteiger partial charge < -0.3 is 5.11 Å². The molecule has 0 amide bonds. The minimum atomic E-state index is -0.898. The van der Waals surface area contributed by atoms with Gasteiger partial charge in [-0.1, -0.05) is 72.8 Å². The van der Waals surface area contributed by atoms with Crippen LogP contribution in [0.3, 0.4) is 0 Å². The number of hydrogen-bond donors (Lipinski definition) is 1. The lowest BCUT2D eigenvalue weighted by atomic mass is 9.99. The smallest absolute Gasteiger partial charge is 0.336 e. The molecule has 0 aliphatic carbocycles. The summed E-state index contributed by atoms with van der Waals surface area (Å²) in [6.07, 6.45) is 4.05. The molecule has 0 bridgehead atoms. The van der Waals surface area contributed by atoms with E-state index in [0.717, 1.165) is 21.9 Å². The maximum absolute atomic E-state index is 11.3. The standard InChI is InChI=1S/C19H14O2/c20-19(21)18-13-12-15(16-8-4-5-9-17(16)18)11-10-14-6-2-1-3-7-14/h1-13H,(H,20,21). The number of benzene rings is 3. The molecule has 1 N–H and O–H groups in total. The number of carboxylic acid groups (broad SMARTS) is 1. The molecule has 0 radical (unpaired) electrons. The van der Waals surface area contributed by atoms with Crippen LogP contribution in [0.5, 0.6) is 0 Å². The van der Waals surface area contributed by atoms with Crippen LogP contribution in [0.1, 0.15) is 21.5 Å². The second-order valence-electron chi connectivity index (χ2n) is 4.80. The summed E-state index contributed by atoms with van der Waals surface area (Å²) in [5.41, 5.74) is 2.46. The highest BCUT2D eigenvalue weighted by molar-refractivity contribution is 6.06. The highest BCUT2D eigenvalue weighted by Gasteiger charge is 2.09. The number of carbonyl (C=O) groups is 1. The summed E-state index contributed by atoms with van der Waals surface area (Å²) < 4.78 is 0. The van der Waals surface area contributed by atoms with E-state index in [1.54, 1.807) is 6.07 Å². The molecule has 0 heterocycles. The van der Waals surface area contributed by atoms with Crippen LogP contribution >= 0.6 is 0 Å². The molecule has 0 aliphatic rings. The number of aromatic carboxylic acids is 1. The molecule has 0 aliphatic heterocycles. The van der Waals surface area contributed by atoms with Crippen LogP contribution in [0.25, 0.3) is 22.9 Å². The molecule has 0 spiro atoms. The lowest BCUT2D eigenvalue weighted by molar-refractivity contribution is 0.0699. The van der Waals surface area contributed by atoms with Gasteiger partial charge in [0.2, 0.25) is 0 Å². The van der Waals surface area contributed by atoms with E-state index in [4.69, 9.17) is 0 Å². The molecule has 3 rings (SSSR count). The molecular formula is C19H14O2. The van der Waals surface area contributed by atoms with Crippen LogP contribution in [0, 0.1) is 0 Å². The first-order valence-corrected chi connectivity index (χ1v) is 6.74. The van der Waals surface area contributed by atoms with Crippen molar-refractivity contribution in [2.45, 2.75) is 0 Å². The van der Waals surface area contributed by atoms with Gasteiger partial charge in [-0.2, -0.15) is 0 Å². The van der Waals surface area contributed by atoms with Crippen LogP contribution in [0.2, 0.25) is 0 Å². The molecule has 21 heavy (non-hydrogen) atoms. The van der Waals surface area contributed by atoms with E-state index in [1.807, 2.05) is 72.8 Å². The first-order chi connectivity index (χ1) is 10.3. The van der Waals surface area contributed by atoms with Crippen LogP contribution in [-0.4, -0.2) is 11.1 Å². The highest BCUT2D eigenvalue weighted by atomic mass is 16.4. The Kier molecular flexibility index (Phi) is 3.52. The minimum absolute atomic E-state index is 0.336. The Hall–Kier alpha value is -2.87. The molecule has 3 aromatic rings. The Balaban J connectivity index is 2.10. The largest absolute Gasteiger partial charge is 0.478 e. The summed E-state index contributed by atoms with van der Waals surface area (Å²) in [7, 11) is 0. The average molecular weight is 274 g/mol. The van der Waals surface area contributed by atoms with Crippen molar-refractivity contribution in [2.75, 3.05) is 0 Å². The van der Waals surface area contributed by atoms with Crippen molar-refractivity contribution < 1.29 is 9.90 Å². The summed E-state index contributed by atoms with van der Waals surface area (Å²) in [5.74, 6) is -0.898. The molecule has 3 aromatic carbocycles. The van der Waals surface area contributed by atoms with Gasteiger partial charge in [0.05, 0.1) is 5.56 Å². The van der Waals surface area contributed by atoms with Gasteiger partial charge >= 0.3 is 5.97 Å². The van der Waals surface area contributed by atoms with Gasteiger partial charge in [-0.25, -0.2) is 4.79 Å². The summed E-state index contributed by atoms with van der Waals surface area (Å²) in [6.45, 7) is 0. The Bertz CT molecular complexity index is 817. The van der Waals surface area contributed by atoms with Crippen LogP contribution < -0.4 is 0 Å². The Morgan fingerprint density at radius 3 is 2.14 bits per heavy atom. The Labute approximate surface area is 123 Å². The van der Waals surface area contributed by atoms with E-state index in [1.165, 1.54) is 0 Å². The van der Waals surface area contributed by atoms with E-state index in [9.17, 15) is 9.90 Å². The number of fused-ring (bicyclic) bond motifs is 1. The molecule has 2 heteroatoms. The summed E-state index contributed by atoms with van der Waals surface area (Å²) in [4.78, 5) is 11.3. The van der Waals surface area contributed by atoms with Gasteiger partial charge in [-0.05, 0) is 28.0 Å². The molecule has 0 atom stereocenters. The minimum Gasteiger partial charge on any atom is -0.478 e. The second-order valence-corrected chi connectivity index (χ2v) is 4.80. The lowest BCUT2D eigenvalue weighted by Crippen LogP contribution is -1.97. The topological polar surface area (TPSA) is 37.3 Å². The van der Waals surface area contributed by atoms with Gasteiger partial charge in [0.25, 0.3) is 0 Å². The van der Waals surface area contributed by atoms with Crippen LogP contribution in [0.15, 0.2) is 66.7 Å². The summed E-state index contributed by atoms with van der Waals surface area (Å²) in [6, 6.07) is 21.1. The molecule has 0 saturated heterocycles. The molecule has 102 valence electrons. The Morgan fingerprint density at radius 1 is 0.762 bits per heavy atom. The van der Waals surface area contributed by atoms with Gasteiger partial charge in [-0.15, -0.1) is 0 Å². The zero-order valence-corrected chi connectivity index (χ0v) is 11.4. The van der Waals surface area contributed by atoms with Gasteiger partial charge in [-0.3, -0.25) is 0 Å². The fraction of sp³-hybridized carbons (Fsp3) is 0. The van der Waals surface area contributed by atoms with Crippen molar-refractivity contribution >= 4 is 28.9 Å². The lowest BCUT2D eigenvalue weighted by Gasteiger charge is -2.06. The zero-order valence-electron chi connectivity index (χ0n) is 11.4. The monoisotopic (exact) mass is 274 g/mol. The zero-order chi connectivity index (χ0) is 14.7. The third-order valence-electron chi connectivity index (χ3n) is 3.44. The van der Waals surface area contributed by atoms with Gasteiger partial charge in [0.1, 0.15) is 0 Å². The quantitative estimate of drug-likeness (QED) is 0.702.